The van der Waals surface area contributed by atoms with Crippen molar-refractivity contribution in [1.82, 2.24) is 10.9 Å². The predicted molar refractivity (Wildman–Crippen MR) is 182 cm³/mol. The molecule has 47 heavy (non-hydrogen) atoms. The van der Waals surface area contributed by atoms with Crippen LogP contribution < -0.4 is 25.1 Å². The van der Waals surface area contributed by atoms with E-state index in [1.165, 1.54) is 0 Å². The molecule has 4 aromatic carbocycles. The van der Waals surface area contributed by atoms with Crippen LogP contribution in [-0.2, 0) is 29.2 Å². The van der Waals surface area contributed by atoms with Crippen molar-refractivity contribution < 1.29 is 28.8 Å². The van der Waals surface area contributed by atoms with Gasteiger partial charge in [0.05, 0.1) is 6.61 Å². The number of nitrogens with one attached hydrogen (secondary N) is 2. The van der Waals surface area contributed by atoms with Crippen molar-refractivity contribution in [3.05, 3.63) is 138 Å². The van der Waals surface area contributed by atoms with E-state index in [2.05, 4.69) is 17.4 Å². The minimum atomic E-state index is -1.13. The van der Waals surface area contributed by atoms with E-state index in [4.69, 9.17) is 29.0 Å². The number of hydrogen-bond acceptors (Lipinski definition) is 8. The third-order valence-electron chi connectivity index (χ3n) is 7.56. The highest BCUT2D eigenvalue weighted by Gasteiger charge is 2.43. The molecular formula is C38H41N3O6. The smallest absolute Gasteiger partial charge is 0.266 e. The molecule has 0 fully saturated rings. The fourth-order valence-electron chi connectivity index (χ4n) is 4.97. The van der Waals surface area contributed by atoms with Gasteiger partial charge in [-0.3, -0.25) is 10.2 Å². The van der Waals surface area contributed by atoms with Crippen LogP contribution in [0.3, 0.4) is 0 Å². The summed E-state index contributed by atoms with van der Waals surface area (Å²) in [4.78, 5) is 18.1. The van der Waals surface area contributed by atoms with Crippen LogP contribution in [0.25, 0.3) is 0 Å². The number of rotatable bonds is 18. The summed E-state index contributed by atoms with van der Waals surface area (Å²) in [5, 5.41) is 8.94. The molecule has 0 spiro atoms. The lowest BCUT2D eigenvalue weighted by atomic mass is 9.97. The molecule has 1 aliphatic heterocycles. The number of hydrogen-bond donors (Lipinski definition) is 3. The monoisotopic (exact) mass is 635 g/mol. The summed E-state index contributed by atoms with van der Waals surface area (Å²) < 4.78 is 23.8. The quantitative estimate of drug-likeness (QED) is 0.0746. The topological polar surface area (TPSA) is 111 Å². The van der Waals surface area contributed by atoms with Gasteiger partial charge in [0.15, 0.2) is 17.0 Å². The number of aliphatic imine (C=N–C) groups is 1. The molecule has 0 bridgehead atoms. The lowest BCUT2D eigenvalue weighted by Crippen LogP contribution is -2.51. The van der Waals surface area contributed by atoms with Crippen molar-refractivity contribution in [2.24, 2.45) is 4.99 Å². The third-order valence-corrected chi connectivity index (χ3v) is 7.56. The number of carbonyl (C=O) groups excluding carboxylic acids is 1. The van der Waals surface area contributed by atoms with Gasteiger partial charge in [0.1, 0.15) is 25.6 Å². The summed E-state index contributed by atoms with van der Waals surface area (Å²) >= 11 is 0. The molecule has 0 unspecified atom stereocenters. The average molecular weight is 636 g/mol. The Balaban J connectivity index is 1.18. The highest BCUT2D eigenvalue weighted by atomic mass is 16.5. The van der Waals surface area contributed by atoms with E-state index in [0.717, 1.165) is 22.3 Å². The van der Waals surface area contributed by atoms with Crippen molar-refractivity contribution in [3.63, 3.8) is 0 Å². The molecule has 0 radical (unpaired) electrons. The molecule has 0 aromatic heterocycles. The fraction of sp³-hybridized carbons (Fsp3) is 0.263. The van der Waals surface area contributed by atoms with Gasteiger partial charge in [-0.25, -0.2) is 10.4 Å². The first kappa shape index (κ1) is 33.2. The van der Waals surface area contributed by atoms with Crippen molar-refractivity contribution in [3.8, 4) is 17.2 Å². The number of benzene rings is 4. The zero-order valence-electron chi connectivity index (χ0n) is 26.4. The summed E-state index contributed by atoms with van der Waals surface area (Å²) in [5.41, 5.74) is 8.65. The van der Waals surface area contributed by atoms with E-state index in [-0.39, 0.29) is 19.1 Å². The summed E-state index contributed by atoms with van der Waals surface area (Å²) in [6.45, 7) is 5.77. The molecule has 5 rings (SSSR count). The fourth-order valence-corrected chi connectivity index (χ4v) is 4.97. The number of hydrazine groups is 1. The van der Waals surface area contributed by atoms with Gasteiger partial charge in [0.25, 0.3) is 5.91 Å². The van der Waals surface area contributed by atoms with Crippen LogP contribution in [0.2, 0.25) is 0 Å². The number of ether oxygens (including phenoxy) is 4. The molecule has 1 aliphatic rings. The first-order chi connectivity index (χ1) is 23.1. The van der Waals surface area contributed by atoms with Crippen LogP contribution in [0.15, 0.2) is 121 Å². The highest BCUT2D eigenvalue weighted by Crippen LogP contribution is 2.31. The number of aliphatic hydroxyl groups excluding tert-OH is 1. The van der Waals surface area contributed by atoms with Crippen LogP contribution in [0.5, 0.6) is 17.2 Å². The maximum atomic E-state index is 13.4. The number of carbonyl (C=O) groups is 1. The zero-order valence-corrected chi connectivity index (χ0v) is 26.4. The molecular weight excluding hydrogens is 594 g/mol. The molecule has 1 amide bonds. The van der Waals surface area contributed by atoms with Crippen molar-refractivity contribution in [1.29, 1.82) is 0 Å². The second-order valence-electron chi connectivity index (χ2n) is 11.1. The molecule has 1 atom stereocenters. The Morgan fingerprint density at radius 2 is 1.55 bits per heavy atom. The Labute approximate surface area is 275 Å². The van der Waals surface area contributed by atoms with E-state index in [1.54, 1.807) is 6.08 Å². The summed E-state index contributed by atoms with van der Waals surface area (Å²) in [6, 6.07) is 33.2. The second-order valence-corrected chi connectivity index (χ2v) is 11.1. The van der Waals surface area contributed by atoms with Gasteiger partial charge in [-0.05, 0) is 59.5 Å². The number of aliphatic hydroxyl groups is 1. The second kappa shape index (κ2) is 17.0. The van der Waals surface area contributed by atoms with Gasteiger partial charge in [0.2, 0.25) is 5.90 Å². The Morgan fingerprint density at radius 1 is 0.872 bits per heavy atom. The van der Waals surface area contributed by atoms with E-state index < -0.39 is 5.54 Å². The SMILES string of the molecule is C=CC[C@@]1(C(=O)NNCCc2ccc(OCc3ccccc3)c(OCc3ccccc3)c2)COC(c2ccc(OCCCO)cc2)=N1. The molecule has 9 heteroatoms. The van der Waals surface area contributed by atoms with E-state index >= 15 is 0 Å². The predicted octanol–water partition coefficient (Wildman–Crippen LogP) is 5.56. The molecule has 244 valence electrons. The lowest BCUT2D eigenvalue weighted by Gasteiger charge is -2.21. The van der Waals surface area contributed by atoms with Crippen molar-refractivity contribution >= 4 is 11.8 Å². The van der Waals surface area contributed by atoms with Crippen molar-refractivity contribution in [2.45, 2.75) is 38.0 Å². The van der Waals surface area contributed by atoms with Crippen molar-refractivity contribution in [2.75, 3.05) is 26.4 Å². The van der Waals surface area contributed by atoms with E-state index in [1.807, 2.05) is 103 Å². The van der Waals surface area contributed by atoms with Gasteiger partial charge in [-0.1, -0.05) is 72.8 Å². The molecule has 9 nitrogen and oxygen atoms in total. The summed E-state index contributed by atoms with van der Waals surface area (Å²) in [5.74, 6) is 2.10. The molecule has 1 heterocycles. The van der Waals surface area contributed by atoms with E-state index in [9.17, 15) is 4.79 Å². The minimum absolute atomic E-state index is 0.0776. The van der Waals surface area contributed by atoms with Crippen LogP contribution in [0.1, 0.15) is 35.1 Å². The molecule has 0 aliphatic carbocycles. The third kappa shape index (κ3) is 9.45. The van der Waals surface area contributed by atoms with Crippen LogP contribution >= 0.6 is 0 Å². The Kier molecular flexibility index (Phi) is 12.0. The summed E-state index contributed by atoms with van der Waals surface area (Å²) in [6.07, 6.45) is 3.18. The lowest BCUT2D eigenvalue weighted by molar-refractivity contribution is -0.127. The number of amides is 1. The Bertz CT molecular complexity index is 1610. The van der Waals surface area contributed by atoms with Gasteiger partial charge < -0.3 is 24.1 Å². The maximum Gasteiger partial charge on any atom is 0.266 e. The first-order valence-corrected chi connectivity index (χ1v) is 15.8. The molecule has 0 saturated carbocycles. The molecule has 4 aromatic rings. The number of nitrogens with zero attached hydrogens (tertiary/aromatic N) is 1. The maximum absolute atomic E-state index is 13.4. The van der Waals surface area contributed by atoms with Gasteiger partial charge in [0, 0.05) is 31.6 Å². The minimum Gasteiger partial charge on any atom is -0.494 e. The standard InChI is InChI=1S/C38H41N3O6/c1-2-21-38(28-47-36(40-38)32-15-17-33(18-16-32)44-24-9-23-42)37(43)41-39-22-20-29-14-19-34(45-26-30-10-5-3-6-11-30)35(25-29)46-27-31-12-7-4-8-13-31/h2-8,10-19,25,39,42H,1,9,20-24,26-28H2,(H,41,43)/t38-/m0/s1. The molecule has 0 saturated heterocycles. The van der Waals surface area contributed by atoms with Crippen LogP contribution in [0, 0.1) is 0 Å². The first-order valence-electron chi connectivity index (χ1n) is 15.8. The summed E-state index contributed by atoms with van der Waals surface area (Å²) in [7, 11) is 0. The zero-order chi connectivity index (χ0) is 32.7. The normalized spacial score (nSPS) is 15.3. The Morgan fingerprint density at radius 3 is 2.21 bits per heavy atom. The van der Waals surface area contributed by atoms with Gasteiger partial charge >= 0.3 is 0 Å². The van der Waals surface area contributed by atoms with Crippen LogP contribution in [-0.4, -0.2) is 48.8 Å². The largest absolute Gasteiger partial charge is 0.494 e. The average Bonchev–Trinajstić information content (AvgIpc) is 3.55. The molecule has 3 N–H and O–H groups in total. The van der Waals surface area contributed by atoms with Gasteiger partial charge in [-0.2, -0.15) is 0 Å². The van der Waals surface area contributed by atoms with Crippen LogP contribution in [0.4, 0.5) is 0 Å². The van der Waals surface area contributed by atoms with Gasteiger partial charge in [-0.15, -0.1) is 6.58 Å². The Hall–Kier alpha value is -5.12. The highest BCUT2D eigenvalue weighted by molar-refractivity contribution is 6.00. The van der Waals surface area contributed by atoms with E-state index in [0.29, 0.717) is 68.8 Å².